The minimum atomic E-state index is 0.480. The number of para-hydroxylation sites is 1. The highest BCUT2D eigenvalue weighted by atomic mass is 16.5. The first-order valence-electron chi connectivity index (χ1n) is 7.39. The summed E-state index contributed by atoms with van der Waals surface area (Å²) in [7, 11) is 0. The molecule has 0 unspecified atom stereocenters. The highest BCUT2D eigenvalue weighted by Gasteiger charge is 2.22. The molecule has 1 fully saturated rings. The van der Waals surface area contributed by atoms with E-state index in [1.807, 2.05) is 35.3 Å². The molecular formula is C17H17N3O. The zero-order chi connectivity index (χ0) is 14.1. The van der Waals surface area contributed by atoms with Crippen molar-refractivity contribution in [3.8, 4) is 5.69 Å². The van der Waals surface area contributed by atoms with Crippen molar-refractivity contribution >= 4 is 10.9 Å². The average Bonchev–Trinajstić information content (AvgIpc) is 2.96. The van der Waals surface area contributed by atoms with Crippen LogP contribution in [-0.4, -0.2) is 28.0 Å². The van der Waals surface area contributed by atoms with Gasteiger partial charge in [-0.2, -0.15) is 5.10 Å². The highest BCUT2D eigenvalue weighted by Crippen LogP contribution is 2.32. The van der Waals surface area contributed by atoms with Gasteiger partial charge in [0.1, 0.15) is 0 Å². The van der Waals surface area contributed by atoms with E-state index in [9.17, 15) is 0 Å². The van der Waals surface area contributed by atoms with Gasteiger partial charge in [-0.15, -0.1) is 0 Å². The molecule has 0 N–H and O–H groups in total. The number of pyridine rings is 1. The third kappa shape index (κ3) is 2.21. The molecule has 2 aromatic heterocycles. The Morgan fingerprint density at radius 2 is 1.86 bits per heavy atom. The van der Waals surface area contributed by atoms with E-state index < -0.39 is 0 Å². The number of hydrogen-bond acceptors (Lipinski definition) is 3. The van der Waals surface area contributed by atoms with E-state index in [0.717, 1.165) is 37.3 Å². The van der Waals surface area contributed by atoms with Crippen LogP contribution in [0.5, 0.6) is 0 Å². The van der Waals surface area contributed by atoms with Crippen LogP contribution in [0.25, 0.3) is 16.6 Å². The topological polar surface area (TPSA) is 39.9 Å². The fourth-order valence-electron chi connectivity index (χ4n) is 3.03. The van der Waals surface area contributed by atoms with Crippen LogP contribution < -0.4 is 0 Å². The van der Waals surface area contributed by atoms with Crippen molar-refractivity contribution in [1.82, 2.24) is 14.8 Å². The number of fused-ring (bicyclic) bond motifs is 1. The zero-order valence-corrected chi connectivity index (χ0v) is 11.8. The first kappa shape index (κ1) is 12.5. The third-order valence-electron chi connectivity index (χ3n) is 4.12. The molecule has 0 spiro atoms. The Morgan fingerprint density at radius 1 is 1.05 bits per heavy atom. The fraction of sp³-hybridized carbons (Fsp3) is 0.294. The predicted molar refractivity (Wildman–Crippen MR) is 81.7 cm³/mol. The first-order chi connectivity index (χ1) is 10.4. The third-order valence-corrected chi connectivity index (χ3v) is 4.12. The summed E-state index contributed by atoms with van der Waals surface area (Å²) in [6.45, 7) is 1.66. The van der Waals surface area contributed by atoms with Crippen LogP contribution in [0.15, 0.2) is 48.8 Å². The van der Waals surface area contributed by atoms with Crippen LogP contribution in [0.4, 0.5) is 0 Å². The molecule has 3 aromatic rings. The summed E-state index contributed by atoms with van der Waals surface area (Å²) in [6, 6.07) is 12.3. The van der Waals surface area contributed by atoms with E-state index in [-0.39, 0.29) is 0 Å². The van der Waals surface area contributed by atoms with Crippen LogP contribution >= 0.6 is 0 Å². The van der Waals surface area contributed by atoms with Gasteiger partial charge in [0.25, 0.3) is 0 Å². The Kier molecular flexibility index (Phi) is 3.16. The Bertz CT molecular complexity index is 745. The molecule has 21 heavy (non-hydrogen) atoms. The van der Waals surface area contributed by atoms with Gasteiger partial charge in [0.05, 0.1) is 23.1 Å². The normalized spacial score (nSPS) is 16.4. The second-order valence-electron chi connectivity index (χ2n) is 5.41. The van der Waals surface area contributed by atoms with Crippen molar-refractivity contribution in [1.29, 1.82) is 0 Å². The predicted octanol–water partition coefficient (Wildman–Crippen LogP) is 3.31. The minimum Gasteiger partial charge on any atom is -0.381 e. The molecule has 4 heteroatoms. The van der Waals surface area contributed by atoms with Crippen LogP contribution in [0, 0.1) is 0 Å². The number of ether oxygens (including phenoxy) is 1. The van der Waals surface area contributed by atoms with Crippen LogP contribution in [0.3, 0.4) is 0 Å². The smallest absolute Gasteiger partial charge is 0.0927 e. The molecule has 4 rings (SSSR count). The largest absolute Gasteiger partial charge is 0.381 e. The highest BCUT2D eigenvalue weighted by molar-refractivity contribution is 5.83. The lowest BCUT2D eigenvalue weighted by Crippen LogP contribution is -2.15. The molecule has 0 bridgehead atoms. The molecule has 0 atom stereocenters. The standard InChI is InChI=1S/C17H17N3O/c1-2-4-14(5-3-1)20-16-12-18-9-6-15(16)17(19-20)13-7-10-21-11-8-13/h1-6,9,12-13H,7-8,10-11H2. The van der Waals surface area contributed by atoms with Crippen molar-refractivity contribution in [2.75, 3.05) is 13.2 Å². The number of nitrogens with zero attached hydrogens (tertiary/aromatic N) is 3. The van der Waals surface area contributed by atoms with E-state index >= 15 is 0 Å². The van der Waals surface area contributed by atoms with Gasteiger partial charge in [-0.05, 0) is 31.0 Å². The van der Waals surface area contributed by atoms with Gasteiger partial charge in [0.15, 0.2) is 0 Å². The molecule has 1 saturated heterocycles. The van der Waals surface area contributed by atoms with Crippen LogP contribution in [0.2, 0.25) is 0 Å². The lowest BCUT2D eigenvalue weighted by Gasteiger charge is -2.20. The van der Waals surface area contributed by atoms with Crippen LogP contribution in [-0.2, 0) is 4.74 Å². The molecule has 0 saturated carbocycles. The van der Waals surface area contributed by atoms with Gasteiger partial charge in [0, 0.05) is 30.7 Å². The second kappa shape index (κ2) is 5.30. The van der Waals surface area contributed by atoms with E-state index in [1.54, 1.807) is 0 Å². The van der Waals surface area contributed by atoms with Gasteiger partial charge in [-0.3, -0.25) is 4.98 Å². The maximum Gasteiger partial charge on any atom is 0.0927 e. The maximum atomic E-state index is 5.48. The maximum absolute atomic E-state index is 5.48. The minimum absolute atomic E-state index is 0.480. The van der Waals surface area contributed by atoms with Crippen molar-refractivity contribution in [2.45, 2.75) is 18.8 Å². The van der Waals surface area contributed by atoms with E-state index in [1.165, 1.54) is 11.1 Å². The average molecular weight is 279 g/mol. The summed E-state index contributed by atoms with van der Waals surface area (Å²) in [5.74, 6) is 0.480. The Balaban J connectivity index is 1.88. The van der Waals surface area contributed by atoms with Crippen molar-refractivity contribution in [2.24, 2.45) is 0 Å². The Hall–Kier alpha value is -2.20. The molecule has 0 radical (unpaired) electrons. The molecule has 106 valence electrons. The molecule has 1 aliphatic heterocycles. The second-order valence-corrected chi connectivity index (χ2v) is 5.41. The summed E-state index contributed by atoms with van der Waals surface area (Å²) < 4.78 is 7.48. The van der Waals surface area contributed by atoms with Gasteiger partial charge < -0.3 is 4.74 Å². The van der Waals surface area contributed by atoms with E-state index in [2.05, 4.69) is 23.2 Å². The summed E-state index contributed by atoms with van der Waals surface area (Å²) in [4.78, 5) is 4.27. The van der Waals surface area contributed by atoms with Crippen molar-refractivity contribution in [3.63, 3.8) is 0 Å². The van der Waals surface area contributed by atoms with Gasteiger partial charge in [-0.25, -0.2) is 4.68 Å². The number of rotatable bonds is 2. The van der Waals surface area contributed by atoms with E-state index in [0.29, 0.717) is 5.92 Å². The van der Waals surface area contributed by atoms with Gasteiger partial charge >= 0.3 is 0 Å². The molecule has 1 aliphatic rings. The molecule has 3 heterocycles. The monoisotopic (exact) mass is 279 g/mol. The number of hydrogen-bond donors (Lipinski definition) is 0. The number of aromatic nitrogens is 3. The lowest BCUT2D eigenvalue weighted by molar-refractivity contribution is 0.0847. The quantitative estimate of drug-likeness (QED) is 0.722. The summed E-state index contributed by atoms with van der Waals surface area (Å²) in [5.41, 5.74) is 3.33. The molecular weight excluding hydrogens is 262 g/mol. The SMILES string of the molecule is c1ccc(-n2nc(C3CCOCC3)c3ccncc32)cc1. The molecule has 4 nitrogen and oxygen atoms in total. The lowest BCUT2D eigenvalue weighted by atomic mass is 9.95. The number of benzene rings is 1. The summed E-state index contributed by atoms with van der Waals surface area (Å²) >= 11 is 0. The summed E-state index contributed by atoms with van der Waals surface area (Å²) in [5, 5.41) is 6.11. The van der Waals surface area contributed by atoms with Gasteiger partial charge in [0.2, 0.25) is 0 Å². The fourth-order valence-corrected chi connectivity index (χ4v) is 3.03. The van der Waals surface area contributed by atoms with Crippen molar-refractivity contribution in [3.05, 3.63) is 54.5 Å². The first-order valence-corrected chi connectivity index (χ1v) is 7.39. The molecule has 1 aromatic carbocycles. The van der Waals surface area contributed by atoms with Crippen molar-refractivity contribution < 1.29 is 4.74 Å². The van der Waals surface area contributed by atoms with Gasteiger partial charge in [-0.1, -0.05) is 18.2 Å². The Morgan fingerprint density at radius 3 is 2.67 bits per heavy atom. The summed E-state index contributed by atoms with van der Waals surface area (Å²) in [6.07, 6.45) is 5.84. The molecule has 0 aliphatic carbocycles. The molecule has 0 amide bonds. The zero-order valence-electron chi connectivity index (χ0n) is 11.8. The van der Waals surface area contributed by atoms with Crippen LogP contribution in [0.1, 0.15) is 24.5 Å². The Labute approximate surface area is 123 Å². The van der Waals surface area contributed by atoms with E-state index in [4.69, 9.17) is 9.84 Å².